The second-order valence-corrected chi connectivity index (χ2v) is 4.84. The van der Waals surface area contributed by atoms with Gasteiger partial charge in [-0.3, -0.25) is 9.59 Å². The van der Waals surface area contributed by atoms with Crippen LogP contribution in [0.1, 0.15) is 26.5 Å². The number of benzene rings is 1. The highest BCUT2D eigenvalue weighted by atomic mass is 35.5. The minimum absolute atomic E-state index is 0.0734. The van der Waals surface area contributed by atoms with Crippen LogP contribution in [0.3, 0.4) is 0 Å². The Morgan fingerprint density at radius 1 is 1.29 bits per heavy atom. The van der Waals surface area contributed by atoms with Crippen LogP contribution in [-0.2, 0) is 11.3 Å². The molecule has 1 aromatic heterocycles. The molecule has 106 valence electrons. The van der Waals surface area contributed by atoms with E-state index in [9.17, 15) is 14.4 Å². The molecule has 2 aromatic rings. The van der Waals surface area contributed by atoms with Gasteiger partial charge in [-0.05, 0) is 18.2 Å². The number of anilines is 1. The van der Waals surface area contributed by atoms with E-state index >= 15 is 0 Å². The van der Waals surface area contributed by atoms with Crippen molar-refractivity contribution in [1.82, 2.24) is 0 Å². The van der Waals surface area contributed by atoms with Crippen LogP contribution in [-0.4, -0.2) is 22.8 Å². The summed E-state index contributed by atoms with van der Waals surface area (Å²) in [5, 5.41) is 9.19. The van der Waals surface area contributed by atoms with E-state index in [1.165, 1.54) is 23.3 Å². The summed E-state index contributed by atoms with van der Waals surface area (Å²) < 4.78 is 4.86. The normalized spacial score (nSPS) is 13.7. The SMILES string of the molecule is O=C(O)c1occc1CN1C(=O)C(=O)c2c(Cl)cccc21. The van der Waals surface area contributed by atoms with Crippen LogP contribution in [0.15, 0.2) is 34.9 Å². The molecule has 1 aromatic carbocycles. The van der Waals surface area contributed by atoms with Gasteiger partial charge in [0.1, 0.15) is 0 Å². The van der Waals surface area contributed by atoms with Crippen molar-refractivity contribution in [1.29, 1.82) is 0 Å². The zero-order valence-electron chi connectivity index (χ0n) is 10.5. The summed E-state index contributed by atoms with van der Waals surface area (Å²) in [5.41, 5.74) is 0.816. The van der Waals surface area contributed by atoms with E-state index in [0.717, 1.165) is 0 Å². The highest BCUT2D eigenvalue weighted by molar-refractivity contribution is 6.55. The van der Waals surface area contributed by atoms with Crippen molar-refractivity contribution in [2.24, 2.45) is 0 Å². The first-order valence-corrected chi connectivity index (χ1v) is 6.33. The van der Waals surface area contributed by atoms with Crippen molar-refractivity contribution in [2.75, 3.05) is 4.90 Å². The van der Waals surface area contributed by atoms with Crippen LogP contribution in [0, 0.1) is 0 Å². The van der Waals surface area contributed by atoms with E-state index in [1.54, 1.807) is 12.1 Å². The van der Waals surface area contributed by atoms with E-state index in [0.29, 0.717) is 11.3 Å². The van der Waals surface area contributed by atoms with Gasteiger partial charge in [0.2, 0.25) is 5.76 Å². The zero-order chi connectivity index (χ0) is 15.1. The second-order valence-electron chi connectivity index (χ2n) is 4.43. The Balaban J connectivity index is 2.03. The number of amides is 1. The zero-order valence-corrected chi connectivity index (χ0v) is 11.3. The highest BCUT2D eigenvalue weighted by Crippen LogP contribution is 2.35. The van der Waals surface area contributed by atoms with Gasteiger partial charge in [-0.2, -0.15) is 0 Å². The molecule has 1 amide bonds. The molecule has 1 aliphatic rings. The summed E-state index contributed by atoms with van der Waals surface area (Å²) in [5.74, 6) is -2.93. The second kappa shape index (κ2) is 4.75. The van der Waals surface area contributed by atoms with Crippen molar-refractivity contribution < 1.29 is 23.9 Å². The van der Waals surface area contributed by atoms with E-state index in [1.807, 2.05) is 0 Å². The molecule has 0 spiro atoms. The molecular weight excluding hydrogens is 298 g/mol. The van der Waals surface area contributed by atoms with Crippen LogP contribution in [0.25, 0.3) is 0 Å². The standard InChI is InChI=1S/C14H8ClNO5/c15-8-2-1-3-9-10(8)11(17)13(18)16(9)6-7-4-5-21-12(7)14(19)20/h1-5H,6H2,(H,19,20). The van der Waals surface area contributed by atoms with Gasteiger partial charge in [-0.15, -0.1) is 0 Å². The topological polar surface area (TPSA) is 87.8 Å². The fraction of sp³-hybridized carbons (Fsp3) is 0.0714. The number of hydrogen-bond acceptors (Lipinski definition) is 4. The maximum Gasteiger partial charge on any atom is 0.372 e. The number of rotatable bonds is 3. The number of halogens is 1. The number of furan rings is 1. The number of carboxylic acid groups (broad SMARTS) is 1. The molecule has 0 bridgehead atoms. The van der Waals surface area contributed by atoms with Crippen molar-refractivity contribution in [3.8, 4) is 0 Å². The number of ketones is 1. The molecule has 3 rings (SSSR count). The predicted molar refractivity (Wildman–Crippen MR) is 72.6 cm³/mol. The largest absolute Gasteiger partial charge is 0.475 e. The van der Waals surface area contributed by atoms with Crippen LogP contribution in [0.2, 0.25) is 5.02 Å². The fourth-order valence-electron chi connectivity index (χ4n) is 2.28. The molecule has 0 aliphatic carbocycles. The Hall–Kier alpha value is -2.60. The van der Waals surface area contributed by atoms with Gasteiger partial charge in [0.05, 0.1) is 29.1 Å². The molecule has 0 unspecified atom stereocenters. The van der Waals surface area contributed by atoms with E-state index < -0.39 is 17.7 Å². The minimum Gasteiger partial charge on any atom is -0.475 e. The average molecular weight is 306 g/mol. The van der Waals surface area contributed by atoms with Gasteiger partial charge in [-0.25, -0.2) is 4.79 Å². The maximum absolute atomic E-state index is 12.1. The average Bonchev–Trinajstić information content (AvgIpc) is 2.99. The lowest BCUT2D eigenvalue weighted by molar-refractivity contribution is -0.114. The number of carboxylic acids is 1. The molecule has 0 atom stereocenters. The molecule has 0 saturated heterocycles. The van der Waals surface area contributed by atoms with Gasteiger partial charge in [0.25, 0.3) is 11.7 Å². The number of Topliss-reactive ketones (excluding diaryl/α,β-unsaturated/α-hetero) is 1. The molecule has 1 aliphatic heterocycles. The molecule has 0 fully saturated rings. The molecule has 1 N–H and O–H groups in total. The quantitative estimate of drug-likeness (QED) is 0.879. The Morgan fingerprint density at radius 3 is 2.76 bits per heavy atom. The summed E-state index contributed by atoms with van der Waals surface area (Å²) >= 11 is 5.95. The Labute approximate surface area is 123 Å². The van der Waals surface area contributed by atoms with Crippen molar-refractivity contribution in [2.45, 2.75) is 6.54 Å². The third-order valence-electron chi connectivity index (χ3n) is 3.22. The van der Waals surface area contributed by atoms with E-state index in [4.69, 9.17) is 21.1 Å². The van der Waals surface area contributed by atoms with Gasteiger partial charge in [0, 0.05) is 5.56 Å². The number of carbonyl (C=O) groups is 3. The summed E-state index contributed by atoms with van der Waals surface area (Å²) in [6.45, 7) is -0.0734. The third kappa shape index (κ3) is 2.00. The smallest absolute Gasteiger partial charge is 0.372 e. The lowest BCUT2D eigenvalue weighted by atomic mass is 10.1. The molecular formula is C14H8ClNO5. The van der Waals surface area contributed by atoms with Crippen molar-refractivity contribution in [3.63, 3.8) is 0 Å². The molecule has 6 nitrogen and oxygen atoms in total. The summed E-state index contributed by atoms with van der Waals surface area (Å²) in [4.78, 5) is 36.2. The summed E-state index contributed by atoms with van der Waals surface area (Å²) in [6, 6.07) is 6.18. The first-order valence-electron chi connectivity index (χ1n) is 5.95. The Bertz CT molecular complexity index is 779. The van der Waals surface area contributed by atoms with Crippen molar-refractivity contribution >= 4 is 34.9 Å². The number of aromatic carboxylic acids is 1. The lowest BCUT2D eigenvalue weighted by Crippen LogP contribution is -2.29. The van der Waals surface area contributed by atoms with E-state index in [-0.39, 0.29) is 22.9 Å². The molecule has 0 radical (unpaired) electrons. The van der Waals surface area contributed by atoms with Crippen molar-refractivity contribution in [3.05, 3.63) is 52.4 Å². The summed E-state index contributed by atoms with van der Waals surface area (Å²) in [7, 11) is 0. The van der Waals surface area contributed by atoms with E-state index in [2.05, 4.69) is 0 Å². The fourth-order valence-corrected chi connectivity index (χ4v) is 2.53. The van der Waals surface area contributed by atoms with Gasteiger partial charge < -0.3 is 14.4 Å². The van der Waals surface area contributed by atoms with Gasteiger partial charge in [-0.1, -0.05) is 17.7 Å². The van der Waals surface area contributed by atoms with Crippen LogP contribution in [0.5, 0.6) is 0 Å². The first kappa shape index (κ1) is 13.4. The highest BCUT2D eigenvalue weighted by Gasteiger charge is 2.38. The number of fused-ring (bicyclic) bond motifs is 1. The predicted octanol–water partition coefficient (Wildman–Crippen LogP) is 2.36. The molecule has 0 saturated carbocycles. The molecule has 2 heterocycles. The van der Waals surface area contributed by atoms with Crippen LogP contribution < -0.4 is 4.90 Å². The first-order chi connectivity index (χ1) is 10.0. The molecule has 21 heavy (non-hydrogen) atoms. The number of carbonyl (C=O) groups excluding carboxylic acids is 2. The third-order valence-corrected chi connectivity index (χ3v) is 3.53. The summed E-state index contributed by atoms with van der Waals surface area (Å²) in [6.07, 6.45) is 1.22. The van der Waals surface area contributed by atoms with Gasteiger partial charge >= 0.3 is 5.97 Å². The Morgan fingerprint density at radius 2 is 2.05 bits per heavy atom. The number of hydrogen-bond donors (Lipinski definition) is 1. The number of nitrogens with zero attached hydrogens (tertiary/aromatic N) is 1. The monoisotopic (exact) mass is 305 g/mol. The molecule has 7 heteroatoms. The maximum atomic E-state index is 12.1. The van der Waals surface area contributed by atoms with Crippen LogP contribution in [0.4, 0.5) is 5.69 Å². The Kier molecular flexibility index (Phi) is 3.03. The van der Waals surface area contributed by atoms with Gasteiger partial charge in [0.15, 0.2) is 0 Å². The lowest BCUT2D eigenvalue weighted by Gasteiger charge is -2.15. The minimum atomic E-state index is -1.24. The van der Waals surface area contributed by atoms with Crippen LogP contribution >= 0.6 is 11.6 Å².